The number of carbonyl (C=O) groups excluding carboxylic acids is 1. The highest BCUT2D eigenvalue weighted by Crippen LogP contribution is 2.27. The first-order valence-corrected chi connectivity index (χ1v) is 14.5. The number of ether oxygens (including phenoxy) is 3. The maximum atomic E-state index is 13.0. The first-order chi connectivity index (χ1) is 21.2. The first-order valence-electron chi connectivity index (χ1n) is 14.5. The molecule has 0 bridgehead atoms. The number of rotatable bonds is 12. The van der Waals surface area contributed by atoms with Crippen molar-refractivity contribution in [2.75, 3.05) is 31.7 Å². The van der Waals surface area contributed by atoms with Crippen LogP contribution in [-0.2, 0) is 16.0 Å². The highest BCUT2D eigenvalue weighted by molar-refractivity contribution is 5.84. The van der Waals surface area contributed by atoms with Crippen molar-refractivity contribution < 1.29 is 19.0 Å². The second kappa shape index (κ2) is 13.9. The Bertz CT molecular complexity index is 1760. The van der Waals surface area contributed by atoms with Gasteiger partial charge in [-0.1, -0.05) is 42.5 Å². The first kappa shape index (κ1) is 30.4. The van der Waals surface area contributed by atoms with Crippen LogP contribution in [0, 0.1) is 0 Å². The van der Waals surface area contributed by atoms with E-state index in [1.807, 2.05) is 87.6 Å². The maximum Gasteiger partial charge on any atom is 0.407 e. The van der Waals surface area contributed by atoms with Crippen LogP contribution in [0.25, 0.3) is 27.8 Å². The second-order valence-electron chi connectivity index (χ2n) is 11.2. The van der Waals surface area contributed by atoms with Crippen LogP contribution >= 0.6 is 0 Å². The summed E-state index contributed by atoms with van der Waals surface area (Å²) in [4.78, 5) is 32.1. The van der Waals surface area contributed by atoms with E-state index >= 15 is 0 Å². The lowest BCUT2D eigenvalue weighted by atomic mass is 10.1. The number of nitrogens with zero attached hydrogens (tertiary/aromatic N) is 2. The predicted octanol–water partition coefficient (Wildman–Crippen LogP) is 5.91. The molecule has 0 spiro atoms. The smallest absolute Gasteiger partial charge is 0.407 e. The number of carbonyl (C=O) groups is 1. The summed E-state index contributed by atoms with van der Waals surface area (Å²) >= 11 is 0. The normalized spacial score (nSPS) is 11.3. The molecule has 44 heavy (non-hydrogen) atoms. The van der Waals surface area contributed by atoms with Gasteiger partial charge < -0.3 is 29.8 Å². The third-order valence-electron chi connectivity index (χ3n) is 6.58. The minimum atomic E-state index is -0.544. The fourth-order valence-corrected chi connectivity index (χ4v) is 4.61. The Labute approximate surface area is 256 Å². The minimum Gasteiger partial charge on any atom is -0.491 e. The molecule has 0 aliphatic carbocycles. The number of pyridine rings is 1. The number of hydrogen-bond donors (Lipinski definition) is 3. The summed E-state index contributed by atoms with van der Waals surface area (Å²) in [5, 5.41) is 6.08. The SMILES string of the molecule is CC(C)(C)OC(=O)NCCOCCOc1cccc(-n2c(=O)[nH]c3ccc(-c4cncc(NCc5ccccc5)c4)cc32)c1. The molecular formula is C34H37N5O5. The Morgan fingerprint density at radius 1 is 0.909 bits per heavy atom. The molecule has 0 fully saturated rings. The molecule has 2 aromatic heterocycles. The molecule has 1 amide bonds. The van der Waals surface area contributed by atoms with Crippen molar-refractivity contribution in [1.82, 2.24) is 19.9 Å². The van der Waals surface area contributed by atoms with Crippen molar-refractivity contribution >= 4 is 22.8 Å². The van der Waals surface area contributed by atoms with Gasteiger partial charge in [-0.05, 0) is 62.2 Å². The molecule has 0 unspecified atom stereocenters. The monoisotopic (exact) mass is 595 g/mol. The van der Waals surface area contributed by atoms with Gasteiger partial charge in [-0.15, -0.1) is 0 Å². The summed E-state index contributed by atoms with van der Waals surface area (Å²) in [7, 11) is 0. The van der Waals surface area contributed by atoms with Crippen molar-refractivity contribution in [3.05, 3.63) is 107 Å². The van der Waals surface area contributed by atoms with Gasteiger partial charge >= 0.3 is 11.8 Å². The van der Waals surface area contributed by atoms with Crippen LogP contribution in [0.3, 0.4) is 0 Å². The number of fused-ring (bicyclic) bond motifs is 1. The highest BCUT2D eigenvalue weighted by Gasteiger charge is 2.15. The fraction of sp³-hybridized carbons (Fsp3) is 0.265. The van der Waals surface area contributed by atoms with Gasteiger partial charge in [0.1, 0.15) is 18.0 Å². The van der Waals surface area contributed by atoms with Gasteiger partial charge in [-0.25, -0.2) is 9.59 Å². The molecule has 0 atom stereocenters. The van der Waals surface area contributed by atoms with Crippen LogP contribution in [0.1, 0.15) is 26.3 Å². The van der Waals surface area contributed by atoms with Crippen LogP contribution in [0.2, 0.25) is 0 Å². The number of aromatic nitrogens is 3. The van der Waals surface area contributed by atoms with Crippen molar-refractivity contribution in [3.63, 3.8) is 0 Å². The van der Waals surface area contributed by atoms with Crippen molar-refractivity contribution in [3.8, 4) is 22.6 Å². The number of amides is 1. The van der Waals surface area contributed by atoms with E-state index in [1.54, 1.807) is 10.8 Å². The van der Waals surface area contributed by atoms with E-state index in [1.165, 1.54) is 5.56 Å². The summed E-state index contributed by atoms with van der Waals surface area (Å²) in [6.45, 7) is 7.44. The topological polar surface area (TPSA) is 120 Å². The summed E-state index contributed by atoms with van der Waals surface area (Å²) in [6.07, 6.45) is 3.14. The standard InChI is InChI=1S/C34H37N5O5/c1-34(2,3)44-33(41)36-14-15-42-16-17-43-29-11-7-10-28(20-29)39-31-19-25(12-13-30(31)38-32(39)40)26-18-27(23-35-22-26)37-21-24-8-5-4-6-9-24/h4-13,18-20,22-23,37H,14-17,21H2,1-3H3,(H,36,41)(H,38,40). The number of aromatic amines is 1. The number of hydrogen-bond acceptors (Lipinski definition) is 7. The number of alkyl carbamates (subject to hydrolysis) is 1. The van der Waals surface area contributed by atoms with Gasteiger partial charge in [0, 0.05) is 37.1 Å². The molecule has 5 rings (SSSR count). The van der Waals surface area contributed by atoms with Gasteiger partial charge in [0.15, 0.2) is 0 Å². The number of imidazole rings is 1. The largest absolute Gasteiger partial charge is 0.491 e. The minimum absolute atomic E-state index is 0.244. The lowest BCUT2D eigenvalue weighted by molar-refractivity contribution is 0.0489. The van der Waals surface area contributed by atoms with E-state index in [9.17, 15) is 9.59 Å². The second-order valence-corrected chi connectivity index (χ2v) is 11.2. The van der Waals surface area contributed by atoms with Crippen molar-refractivity contribution in [2.45, 2.75) is 32.9 Å². The maximum absolute atomic E-state index is 13.0. The summed E-state index contributed by atoms with van der Waals surface area (Å²) < 4.78 is 18.3. The average molecular weight is 596 g/mol. The zero-order valence-corrected chi connectivity index (χ0v) is 25.1. The molecule has 0 aliphatic rings. The number of anilines is 1. The molecule has 3 aromatic carbocycles. The molecule has 0 saturated heterocycles. The van der Waals surface area contributed by atoms with E-state index in [0.29, 0.717) is 44.3 Å². The van der Waals surface area contributed by atoms with E-state index in [4.69, 9.17) is 14.2 Å². The molecule has 0 aliphatic heterocycles. The van der Waals surface area contributed by atoms with Crippen LogP contribution in [0.5, 0.6) is 5.75 Å². The van der Waals surface area contributed by atoms with E-state index < -0.39 is 11.7 Å². The molecule has 0 saturated carbocycles. The summed E-state index contributed by atoms with van der Waals surface area (Å²) in [5.41, 5.74) is 5.32. The van der Waals surface area contributed by atoms with Crippen LogP contribution in [-0.4, -0.2) is 52.6 Å². The van der Waals surface area contributed by atoms with Gasteiger partial charge in [0.2, 0.25) is 0 Å². The number of benzene rings is 3. The third-order valence-corrected chi connectivity index (χ3v) is 6.58. The van der Waals surface area contributed by atoms with Gasteiger partial charge in [0.05, 0.1) is 35.6 Å². The van der Waals surface area contributed by atoms with Crippen LogP contribution < -0.4 is 21.1 Å². The zero-order chi connectivity index (χ0) is 30.9. The van der Waals surface area contributed by atoms with Crippen molar-refractivity contribution in [1.29, 1.82) is 0 Å². The van der Waals surface area contributed by atoms with E-state index in [2.05, 4.69) is 38.8 Å². The van der Waals surface area contributed by atoms with Crippen LogP contribution in [0.15, 0.2) is 96.1 Å². The summed E-state index contributed by atoms with van der Waals surface area (Å²) in [5.74, 6) is 0.608. The quantitative estimate of drug-likeness (QED) is 0.153. The Kier molecular flexibility index (Phi) is 9.61. The van der Waals surface area contributed by atoms with E-state index in [0.717, 1.165) is 27.8 Å². The van der Waals surface area contributed by atoms with Gasteiger partial charge in [-0.2, -0.15) is 0 Å². The Hall–Kier alpha value is -5.09. The predicted molar refractivity (Wildman–Crippen MR) is 171 cm³/mol. The molecule has 2 heterocycles. The molecule has 10 heteroatoms. The lowest BCUT2D eigenvalue weighted by Crippen LogP contribution is -2.34. The number of nitrogens with one attached hydrogen (secondary N) is 3. The molecule has 10 nitrogen and oxygen atoms in total. The molecule has 5 aromatic rings. The Morgan fingerprint density at radius 2 is 1.75 bits per heavy atom. The average Bonchev–Trinajstić information content (AvgIpc) is 3.34. The third kappa shape index (κ3) is 8.26. The molecular weight excluding hydrogens is 558 g/mol. The highest BCUT2D eigenvalue weighted by atomic mass is 16.6. The Morgan fingerprint density at radius 3 is 2.57 bits per heavy atom. The van der Waals surface area contributed by atoms with E-state index in [-0.39, 0.29) is 5.69 Å². The fourth-order valence-electron chi connectivity index (χ4n) is 4.61. The molecule has 0 radical (unpaired) electrons. The molecule has 228 valence electrons. The van der Waals surface area contributed by atoms with Crippen molar-refractivity contribution in [2.24, 2.45) is 0 Å². The summed E-state index contributed by atoms with van der Waals surface area (Å²) in [6, 6.07) is 25.5. The van der Waals surface area contributed by atoms with Gasteiger partial charge in [0.25, 0.3) is 0 Å². The molecule has 3 N–H and O–H groups in total. The van der Waals surface area contributed by atoms with Crippen LogP contribution in [0.4, 0.5) is 10.5 Å². The zero-order valence-electron chi connectivity index (χ0n) is 25.1. The lowest BCUT2D eigenvalue weighted by Gasteiger charge is -2.19. The van der Waals surface area contributed by atoms with Gasteiger partial charge in [-0.3, -0.25) is 9.55 Å². The Balaban J connectivity index is 1.22. The number of H-pyrrole nitrogens is 1.